The number of hydrogen-bond acceptors (Lipinski definition) is 3. The number of ether oxygens (including phenoxy) is 2. The van der Waals surface area contributed by atoms with Gasteiger partial charge in [0.1, 0.15) is 12.4 Å². The highest BCUT2D eigenvalue weighted by molar-refractivity contribution is 9.10. The third-order valence-electron chi connectivity index (χ3n) is 5.95. The van der Waals surface area contributed by atoms with Crippen molar-refractivity contribution in [1.29, 1.82) is 0 Å². The molecule has 1 amide bonds. The highest BCUT2D eigenvalue weighted by atomic mass is 79.9. The number of carbonyl (C=O) groups excluding carboxylic acids is 1. The van der Waals surface area contributed by atoms with Crippen LogP contribution in [0.5, 0.6) is 5.75 Å². The molecule has 1 aliphatic rings. The first-order valence-electron chi connectivity index (χ1n) is 10.9. The molecule has 1 atom stereocenters. The standard InChI is InChI=1S/C27H28BrNO3/c1-18(2)24-16-22(28)15-21-11-14-25(20-9-12-23(31-3)13-10-20)29(26(21)24)27(30)32-17-19-7-5-4-6-8-19/h4-10,12-13,15-16,18,25H,11,14,17H2,1-3H3. The van der Waals surface area contributed by atoms with Crippen molar-refractivity contribution in [2.24, 2.45) is 0 Å². The van der Waals surface area contributed by atoms with E-state index in [1.807, 2.05) is 59.5 Å². The van der Waals surface area contributed by atoms with E-state index in [1.54, 1.807) is 7.11 Å². The van der Waals surface area contributed by atoms with E-state index in [4.69, 9.17) is 9.47 Å². The Hall–Kier alpha value is -2.79. The zero-order valence-corrected chi connectivity index (χ0v) is 20.3. The van der Waals surface area contributed by atoms with Gasteiger partial charge in [-0.05, 0) is 65.3 Å². The number of nitrogens with zero attached hydrogens (tertiary/aromatic N) is 1. The minimum atomic E-state index is -0.320. The molecule has 3 aromatic rings. The van der Waals surface area contributed by atoms with Crippen LogP contribution in [-0.2, 0) is 17.8 Å². The summed E-state index contributed by atoms with van der Waals surface area (Å²) in [5, 5.41) is 0. The average Bonchev–Trinajstić information content (AvgIpc) is 2.82. The minimum Gasteiger partial charge on any atom is -0.497 e. The molecule has 0 saturated carbocycles. The van der Waals surface area contributed by atoms with E-state index in [-0.39, 0.29) is 24.7 Å². The Morgan fingerprint density at radius 2 is 1.81 bits per heavy atom. The van der Waals surface area contributed by atoms with E-state index >= 15 is 0 Å². The van der Waals surface area contributed by atoms with Gasteiger partial charge in [0.2, 0.25) is 0 Å². The third kappa shape index (κ3) is 4.68. The van der Waals surface area contributed by atoms with Crippen molar-refractivity contribution in [3.63, 3.8) is 0 Å². The van der Waals surface area contributed by atoms with Crippen LogP contribution in [0.4, 0.5) is 10.5 Å². The van der Waals surface area contributed by atoms with E-state index in [2.05, 4.69) is 41.9 Å². The number of carbonyl (C=O) groups is 1. The Kier molecular flexibility index (Phi) is 6.85. The second-order valence-electron chi connectivity index (χ2n) is 8.40. The smallest absolute Gasteiger partial charge is 0.415 e. The zero-order chi connectivity index (χ0) is 22.7. The van der Waals surface area contributed by atoms with E-state index in [0.29, 0.717) is 0 Å². The lowest BCUT2D eigenvalue weighted by Gasteiger charge is -2.39. The van der Waals surface area contributed by atoms with Crippen molar-refractivity contribution in [3.05, 3.63) is 93.5 Å². The number of hydrogen-bond donors (Lipinski definition) is 0. The molecule has 5 heteroatoms. The van der Waals surface area contributed by atoms with Gasteiger partial charge in [0.15, 0.2) is 0 Å². The molecule has 0 radical (unpaired) electrons. The average molecular weight is 494 g/mol. The summed E-state index contributed by atoms with van der Waals surface area (Å²) in [6.45, 7) is 4.56. The first-order valence-corrected chi connectivity index (χ1v) is 11.7. The van der Waals surface area contributed by atoms with E-state index in [0.717, 1.165) is 45.4 Å². The normalized spacial score (nSPS) is 15.4. The van der Waals surface area contributed by atoms with Gasteiger partial charge >= 0.3 is 6.09 Å². The summed E-state index contributed by atoms with van der Waals surface area (Å²) < 4.78 is 12.2. The molecule has 4 nitrogen and oxygen atoms in total. The summed E-state index contributed by atoms with van der Waals surface area (Å²) in [7, 11) is 1.66. The van der Waals surface area contributed by atoms with Crippen molar-refractivity contribution < 1.29 is 14.3 Å². The topological polar surface area (TPSA) is 38.8 Å². The highest BCUT2D eigenvalue weighted by Crippen LogP contribution is 2.44. The van der Waals surface area contributed by atoms with Gasteiger partial charge in [-0.1, -0.05) is 72.2 Å². The second-order valence-corrected chi connectivity index (χ2v) is 9.31. The maximum absolute atomic E-state index is 13.6. The Labute approximate surface area is 198 Å². The molecule has 0 N–H and O–H groups in total. The maximum atomic E-state index is 13.6. The van der Waals surface area contributed by atoms with Crippen molar-refractivity contribution >= 4 is 27.7 Å². The molecular weight excluding hydrogens is 466 g/mol. The fourth-order valence-electron chi connectivity index (χ4n) is 4.33. The molecule has 1 aliphatic heterocycles. The van der Waals surface area contributed by atoms with Crippen LogP contribution in [0.2, 0.25) is 0 Å². The molecule has 0 aromatic heterocycles. The quantitative estimate of drug-likeness (QED) is 0.371. The largest absolute Gasteiger partial charge is 0.497 e. The van der Waals surface area contributed by atoms with Crippen molar-refractivity contribution in [1.82, 2.24) is 0 Å². The van der Waals surface area contributed by atoms with Crippen molar-refractivity contribution in [3.8, 4) is 5.75 Å². The fraction of sp³-hybridized carbons (Fsp3) is 0.296. The van der Waals surface area contributed by atoms with Gasteiger partial charge in [-0.25, -0.2) is 4.79 Å². The molecule has 0 saturated heterocycles. The van der Waals surface area contributed by atoms with Crippen LogP contribution in [0, 0.1) is 0 Å². The Bertz CT molecular complexity index is 1080. The summed E-state index contributed by atoms with van der Waals surface area (Å²) in [6.07, 6.45) is 1.40. The van der Waals surface area contributed by atoms with E-state index in [1.165, 1.54) is 5.56 Å². The fourth-order valence-corrected chi connectivity index (χ4v) is 4.85. The van der Waals surface area contributed by atoms with Gasteiger partial charge in [-0.3, -0.25) is 4.90 Å². The molecule has 166 valence electrons. The number of methoxy groups -OCH3 is 1. The van der Waals surface area contributed by atoms with Crippen molar-refractivity contribution in [2.45, 2.75) is 45.3 Å². The first-order chi connectivity index (χ1) is 15.5. The molecule has 0 aliphatic carbocycles. The molecule has 4 rings (SSSR count). The lowest BCUT2D eigenvalue weighted by Crippen LogP contribution is -2.39. The van der Waals surface area contributed by atoms with Gasteiger partial charge in [0, 0.05) is 4.47 Å². The predicted molar refractivity (Wildman–Crippen MR) is 131 cm³/mol. The number of benzene rings is 3. The lowest BCUT2D eigenvalue weighted by molar-refractivity contribution is 0.143. The number of anilines is 1. The Morgan fingerprint density at radius 1 is 1.09 bits per heavy atom. The van der Waals surface area contributed by atoms with Crippen LogP contribution in [0.3, 0.4) is 0 Å². The summed E-state index contributed by atoms with van der Waals surface area (Å²) in [6, 6.07) is 21.9. The molecular formula is C27H28BrNO3. The van der Waals surface area contributed by atoms with Crippen LogP contribution >= 0.6 is 15.9 Å². The van der Waals surface area contributed by atoms with Crippen LogP contribution in [0.1, 0.15) is 54.5 Å². The van der Waals surface area contributed by atoms with Crippen molar-refractivity contribution in [2.75, 3.05) is 12.0 Å². The molecule has 0 spiro atoms. The monoisotopic (exact) mass is 493 g/mol. The SMILES string of the molecule is COc1ccc(C2CCc3cc(Br)cc(C(C)C)c3N2C(=O)OCc2ccccc2)cc1. The third-order valence-corrected chi connectivity index (χ3v) is 6.41. The summed E-state index contributed by atoms with van der Waals surface area (Å²) in [5.74, 6) is 1.07. The summed E-state index contributed by atoms with van der Waals surface area (Å²) in [5.41, 5.74) is 5.34. The first kappa shape index (κ1) is 22.4. The maximum Gasteiger partial charge on any atom is 0.415 e. The van der Waals surface area contributed by atoms with Gasteiger partial charge in [0.25, 0.3) is 0 Å². The van der Waals surface area contributed by atoms with Gasteiger partial charge in [-0.2, -0.15) is 0 Å². The van der Waals surface area contributed by atoms with E-state index < -0.39 is 0 Å². The molecule has 0 bridgehead atoms. The summed E-state index contributed by atoms with van der Waals surface area (Å²) in [4.78, 5) is 15.4. The molecule has 1 heterocycles. The highest BCUT2D eigenvalue weighted by Gasteiger charge is 2.35. The Morgan fingerprint density at radius 3 is 2.47 bits per heavy atom. The second kappa shape index (κ2) is 9.78. The number of fused-ring (bicyclic) bond motifs is 1. The summed E-state index contributed by atoms with van der Waals surface area (Å²) >= 11 is 3.66. The predicted octanol–water partition coefficient (Wildman–Crippen LogP) is 7.41. The molecule has 3 aromatic carbocycles. The molecule has 32 heavy (non-hydrogen) atoms. The number of aryl methyl sites for hydroxylation is 1. The van der Waals surface area contributed by atoms with Gasteiger partial charge in [-0.15, -0.1) is 0 Å². The van der Waals surface area contributed by atoms with E-state index in [9.17, 15) is 4.79 Å². The van der Waals surface area contributed by atoms with Crippen LogP contribution in [0.25, 0.3) is 0 Å². The number of rotatable bonds is 5. The number of halogens is 1. The number of amides is 1. The van der Waals surface area contributed by atoms with Crippen LogP contribution in [0.15, 0.2) is 71.2 Å². The molecule has 0 fully saturated rings. The Balaban J connectivity index is 1.74. The van der Waals surface area contributed by atoms with Crippen LogP contribution in [-0.4, -0.2) is 13.2 Å². The molecule has 1 unspecified atom stereocenters. The zero-order valence-electron chi connectivity index (χ0n) is 18.7. The van der Waals surface area contributed by atoms with Gasteiger partial charge < -0.3 is 9.47 Å². The minimum absolute atomic E-state index is 0.102. The van der Waals surface area contributed by atoms with Crippen LogP contribution < -0.4 is 9.64 Å². The lowest BCUT2D eigenvalue weighted by atomic mass is 9.87. The van der Waals surface area contributed by atoms with Gasteiger partial charge in [0.05, 0.1) is 18.8 Å².